The molecule has 7 heteroatoms. The summed E-state index contributed by atoms with van der Waals surface area (Å²) in [7, 11) is 0. The van der Waals surface area contributed by atoms with Crippen molar-refractivity contribution in [3.63, 3.8) is 0 Å². The first-order valence-electron chi connectivity index (χ1n) is 11.0. The van der Waals surface area contributed by atoms with Gasteiger partial charge in [-0.3, -0.25) is 9.59 Å². The van der Waals surface area contributed by atoms with Crippen LogP contribution in [-0.2, 0) is 14.3 Å². The summed E-state index contributed by atoms with van der Waals surface area (Å²) in [6.45, 7) is 7.15. The molecular formula is C26H30N2O5. The van der Waals surface area contributed by atoms with E-state index in [2.05, 4.69) is 36.2 Å². The maximum absolute atomic E-state index is 12.5. The van der Waals surface area contributed by atoms with Crippen LogP contribution in [-0.4, -0.2) is 53.2 Å². The third-order valence-electron chi connectivity index (χ3n) is 5.78. The molecule has 0 bridgehead atoms. The number of rotatable bonds is 10. The van der Waals surface area contributed by atoms with Gasteiger partial charge in [-0.2, -0.15) is 0 Å². The van der Waals surface area contributed by atoms with Crippen LogP contribution in [0.15, 0.2) is 61.2 Å². The van der Waals surface area contributed by atoms with E-state index < -0.39 is 17.6 Å². The number of nitrogens with zero attached hydrogens (tertiary/aromatic N) is 1. The zero-order valence-corrected chi connectivity index (χ0v) is 19.0. The second kappa shape index (κ2) is 10.3. The fourth-order valence-electron chi connectivity index (χ4n) is 4.12. The number of ether oxygens (including phenoxy) is 1. The number of carbonyl (C=O) groups is 3. The molecule has 0 aromatic heterocycles. The molecule has 0 radical (unpaired) electrons. The lowest BCUT2D eigenvalue weighted by Gasteiger charge is -2.27. The summed E-state index contributed by atoms with van der Waals surface area (Å²) >= 11 is 0. The maximum Gasteiger partial charge on any atom is 0.407 e. The Kier molecular flexibility index (Phi) is 7.53. The topological polar surface area (TPSA) is 95.9 Å². The molecule has 3 rings (SSSR count). The minimum atomic E-state index is -1.08. The number of alkyl carbamates (subject to hydrolysis) is 1. The van der Waals surface area contributed by atoms with E-state index in [1.807, 2.05) is 24.3 Å². The summed E-state index contributed by atoms with van der Waals surface area (Å²) in [5.41, 5.74) is 3.88. The molecule has 0 aliphatic heterocycles. The SMILES string of the molecule is C=CCN(CC(=O)O)C(=O)CCC(C)(C)NC(=O)OCC1c2ccccc2-c2ccccc21. The van der Waals surface area contributed by atoms with Crippen molar-refractivity contribution in [1.82, 2.24) is 10.2 Å². The molecule has 174 valence electrons. The van der Waals surface area contributed by atoms with Crippen molar-refractivity contribution >= 4 is 18.0 Å². The molecule has 2 amide bonds. The molecule has 0 saturated heterocycles. The number of aliphatic carboxylic acids is 1. The van der Waals surface area contributed by atoms with Crippen molar-refractivity contribution in [1.29, 1.82) is 0 Å². The highest BCUT2D eigenvalue weighted by Gasteiger charge is 2.30. The summed E-state index contributed by atoms with van der Waals surface area (Å²) in [6, 6.07) is 16.2. The Bertz CT molecular complexity index is 1000. The number of carbonyl (C=O) groups excluding carboxylic acids is 2. The minimum Gasteiger partial charge on any atom is -0.480 e. The van der Waals surface area contributed by atoms with Crippen molar-refractivity contribution < 1.29 is 24.2 Å². The van der Waals surface area contributed by atoms with Crippen LogP contribution in [0.4, 0.5) is 4.79 Å². The van der Waals surface area contributed by atoms with Gasteiger partial charge in [0.15, 0.2) is 0 Å². The van der Waals surface area contributed by atoms with E-state index in [-0.39, 0.29) is 37.9 Å². The Morgan fingerprint density at radius 1 is 1.09 bits per heavy atom. The van der Waals surface area contributed by atoms with Gasteiger partial charge in [0.05, 0.1) is 0 Å². The lowest BCUT2D eigenvalue weighted by Crippen LogP contribution is -2.45. The molecule has 2 N–H and O–H groups in total. The number of benzene rings is 2. The Balaban J connectivity index is 1.55. The Morgan fingerprint density at radius 2 is 1.67 bits per heavy atom. The molecule has 33 heavy (non-hydrogen) atoms. The van der Waals surface area contributed by atoms with Crippen LogP contribution >= 0.6 is 0 Å². The van der Waals surface area contributed by atoms with Gasteiger partial charge in [0.1, 0.15) is 13.2 Å². The number of carboxylic acids is 1. The summed E-state index contributed by atoms with van der Waals surface area (Å²) in [5.74, 6) is -1.42. The number of carboxylic acid groups (broad SMARTS) is 1. The number of fused-ring (bicyclic) bond motifs is 3. The molecule has 0 unspecified atom stereocenters. The van der Waals surface area contributed by atoms with Crippen LogP contribution in [0.3, 0.4) is 0 Å². The van der Waals surface area contributed by atoms with E-state index >= 15 is 0 Å². The smallest absolute Gasteiger partial charge is 0.407 e. The van der Waals surface area contributed by atoms with Gasteiger partial charge in [0.25, 0.3) is 0 Å². The predicted molar refractivity (Wildman–Crippen MR) is 126 cm³/mol. The first kappa shape index (κ1) is 24.0. The first-order valence-corrected chi connectivity index (χ1v) is 11.0. The molecule has 2 aromatic rings. The lowest BCUT2D eigenvalue weighted by atomic mass is 9.98. The zero-order chi connectivity index (χ0) is 24.0. The minimum absolute atomic E-state index is 0.0312. The highest BCUT2D eigenvalue weighted by molar-refractivity contribution is 5.82. The largest absolute Gasteiger partial charge is 0.480 e. The van der Waals surface area contributed by atoms with Crippen LogP contribution < -0.4 is 5.32 Å². The molecule has 1 aliphatic carbocycles. The Labute approximate surface area is 194 Å². The fraction of sp³-hybridized carbons (Fsp3) is 0.346. The number of amides is 2. The van der Waals surface area contributed by atoms with Crippen LogP contribution in [0.25, 0.3) is 11.1 Å². The van der Waals surface area contributed by atoms with Gasteiger partial charge >= 0.3 is 12.1 Å². The molecule has 2 aromatic carbocycles. The van der Waals surface area contributed by atoms with E-state index in [1.54, 1.807) is 13.8 Å². The van der Waals surface area contributed by atoms with Gasteiger partial charge in [0, 0.05) is 24.4 Å². The quantitative estimate of drug-likeness (QED) is 0.530. The van der Waals surface area contributed by atoms with E-state index in [9.17, 15) is 14.4 Å². The van der Waals surface area contributed by atoms with Gasteiger partial charge in [0.2, 0.25) is 5.91 Å². The van der Waals surface area contributed by atoms with Gasteiger partial charge in [-0.15, -0.1) is 6.58 Å². The highest BCUT2D eigenvalue weighted by atomic mass is 16.5. The number of hydrogen-bond acceptors (Lipinski definition) is 4. The normalized spacial score (nSPS) is 12.4. The van der Waals surface area contributed by atoms with E-state index in [1.165, 1.54) is 11.0 Å². The van der Waals surface area contributed by atoms with E-state index in [0.717, 1.165) is 22.3 Å². The monoisotopic (exact) mass is 450 g/mol. The van der Waals surface area contributed by atoms with Crippen molar-refractivity contribution in [3.05, 3.63) is 72.3 Å². The molecule has 0 fully saturated rings. The first-order chi connectivity index (χ1) is 15.7. The van der Waals surface area contributed by atoms with Gasteiger partial charge in [-0.1, -0.05) is 54.6 Å². The second-order valence-corrected chi connectivity index (χ2v) is 8.79. The lowest BCUT2D eigenvalue weighted by molar-refractivity contribution is -0.144. The summed E-state index contributed by atoms with van der Waals surface area (Å²) in [4.78, 5) is 37.1. The molecular weight excluding hydrogens is 420 g/mol. The average Bonchev–Trinajstić information content (AvgIpc) is 3.09. The predicted octanol–water partition coefficient (Wildman–Crippen LogP) is 4.18. The molecule has 0 saturated carbocycles. The van der Waals surface area contributed by atoms with Crippen LogP contribution in [0, 0.1) is 0 Å². The van der Waals surface area contributed by atoms with Crippen molar-refractivity contribution in [2.45, 2.75) is 38.1 Å². The van der Waals surface area contributed by atoms with Crippen molar-refractivity contribution in [2.24, 2.45) is 0 Å². The van der Waals surface area contributed by atoms with Crippen LogP contribution in [0.5, 0.6) is 0 Å². The molecule has 0 spiro atoms. The van der Waals surface area contributed by atoms with Crippen LogP contribution in [0.2, 0.25) is 0 Å². The standard InChI is InChI=1S/C26H30N2O5/c1-4-15-28(16-24(30)31)23(29)13-14-26(2,3)27-25(32)33-17-22-20-11-7-5-9-18(20)19-10-6-8-12-21(19)22/h4-12,22H,1,13-17H2,2-3H3,(H,27,32)(H,30,31). The van der Waals surface area contributed by atoms with Gasteiger partial charge in [-0.05, 0) is 42.5 Å². The third kappa shape index (κ3) is 6.00. The Hall–Kier alpha value is -3.61. The summed E-state index contributed by atoms with van der Waals surface area (Å²) < 4.78 is 5.58. The summed E-state index contributed by atoms with van der Waals surface area (Å²) in [6.07, 6.45) is 1.37. The zero-order valence-electron chi connectivity index (χ0n) is 19.0. The number of nitrogens with one attached hydrogen (secondary N) is 1. The highest BCUT2D eigenvalue weighted by Crippen LogP contribution is 2.44. The van der Waals surface area contributed by atoms with Crippen LogP contribution in [0.1, 0.15) is 43.7 Å². The van der Waals surface area contributed by atoms with Gasteiger partial charge < -0.3 is 20.1 Å². The van der Waals surface area contributed by atoms with Gasteiger partial charge in [-0.25, -0.2) is 4.79 Å². The molecule has 0 heterocycles. The molecule has 1 aliphatic rings. The van der Waals surface area contributed by atoms with Crippen molar-refractivity contribution in [3.8, 4) is 11.1 Å². The maximum atomic E-state index is 12.5. The fourth-order valence-corrected chi connectivity index (χ4v) is 4.12. The van der Waals surface area contributed by atoms with E-state index in [4.69, 9.17) is 9.84 Å². The van der Waals surface area contributed by atoms with E-state index in [0.29, 0.717) is 6.42 Å². The average molecular weight is 451 g/mol. The van der Waals surface area contributed by atoms with Crippen molar-refractivity contribution in [2.75, 3.05) is 19.7 Å². The Morgan fingerprint density at radius 3 is 2.21 bits per heavy atom. The molecule has 0 atom stereocenters. The summed E-state index contributed by atoms with van der Waals surface area (Å²) in [5, 5.41) is 11.8. The second-order valence-electron chi connectivity index (χ2n) is 8.79. The number of hydrogen-bond donors (Lipinski definition) is 2. The third-order valence-corrected chi connectivity index (χ3v) is 5.78. The molecule has 7 nitrogen and oxygen atoms in total.